The van der Waals surface area contributed by atoms with Gasteiger partial charge in [-0.05, 0) is 18.2 Å². The molecule has 3 aromatic rings. The molecule has 0 radical (unpaired) electrons. The molecule has 0 aliphatic heterocycles. The van der Waals surface area contributed by atoms with Crippen LogP contribution in [0.5, 0.6) is 5.75 Å². The fourth-order valence-corrected chi connectivity index (χ4v) is 2.33. The van der Waals surface area contributed by atoms with Gasteiger partial charge in [0.25, 0.3) is 0 Å². The highest BCUT2D eigenvalue weighted by Gasteiger charge is 2.13. The van der Waals surface area contributed by atoms with Crippen molar-refractivity contribution < 1.29 is 22.8 Å². The maximum atomic E-state index is 12.4. The van der Waals surface area contributed by atoms with Crippen LogP contribution in [-0.2, 0) is 17.8 Å². The molecule has 1 N–H and O–H groups in total. The van der Waals surface area contributed by atoms with E-state index in [4.69, 9.17) is 4.52 Å². The summed E-state index contributed by atoms with van der Waals surface area (Å²) in [5.74, 6) is -0.249. The van der Waals surface area contributed by atoms with Crippen molar-refractivity contribution in [2.75, 3.05) is 0 Å². The van der Waals surface area contributed by atoms with E-state index in [1.165, 1.54) is 6.07 Å². The molecule has 24 heavy (non-hydrogen) atoms. The van der Waals surface area contributed by atoms with Gasteiger partial charge < -0.3 is 14.6 Å². The number of benzene rings is 2. The number of hydrogen-bond donors (Lipinski definition) is 1. The van der Waals surface area contributed by atoms with Crippen LogP contribution in [0.25, 0.3) is 11.0 Å². The van der Waals surface area contributed by atoms with Gasteiger partial charge in [-0.1, -0.05) is 35.5 Å². The summed E-state index contributed by atoms with van der Waals surface area (Å²) >= 11 is 0. The van der Waals surface area contributed by atoms with Gasteiger partial charge in [-0.25, -0.2) is 0 Å². The van der Waals surface area contributed by atoms with E-state index in [2.05, 4.69) is 15.2 Å². The van der Waals surface area contributed by atoms with Crippen molar-refractivity contribution in [1.82, 2.24) is 10.5 Å². The van der Waals surface area contributed by atoms with E-state index in [0.29, 0.717) is 16.8 Å². The summed E-state index contributed by atoms with van der Waals surface area (Å²) in [5, 5.41) is 7.33. The summed E-state index contributed by atoms with van der Waals surface area (Å²) in [6.07, 6.45) is 0.0366. The van der Waals surface area contributed by atoms with Crippen LogP contribution in [0, 0.1) is 0 Å². The van der Waals surface area contributed by atoms with Gasteiger partial charge in [0.05, 0.1) is 6.42 Å². The first kappa shape index (κ1) is 15.9. The fraction of sp³-hybridized carbons (Fsp3) is 0.176. The third-order valence-electron chi connectivity index (χ3n) is 3.44. The number of nitrogens with zero attached hydrogens (tertiary/aromatic N) is 1. The summed E-state index contributed by atoms with van der Waals surface area (Å²) in [6, 6.07) is 13.6. The molecule has 124 valence electrons. The van der Waals surface area contributed by atoms with Gasteiger partial charge in [0.1, 0.15) is 11.4 Å². The number of halogens is 2. The van der Waals surface area contributed by atoms with Crippen LogP contribution in [0.15, 0.2) is 53.1 Å². The molecular weight excluding hydrogens is 318 g/mol. The Bertz CT molecular complexity index is 848. The van der Waals surface area contributed by atoms with Crippen LogP contribution in [0.1, 0.15) is 11.3 Å². The summed E-state index contributed by atoms with van der Waals surface area (Å²) in [4.78, 5) is 12.1. The summed E-state index contributed by atoms with van der Waals surface area (Å²) < 4.78 is 34.3. The Morgan fingerprint density at radius 2 is 1.92 bits per heavy atom. The Hall–Kier alpha value is -2.96. The zero-order valence-corrected chi connectivity index (χ0v) is 12.5. The average Bonchev–Trinajstić information content (AvgIpc) is 2.97. The van der Waals surface area contributed by atoms with E-state index < -0.39 is 6.61 Å². The molecule has 0 atom stereocenters. The minimum absolute atomic E-state index is 0.0366. The van der Waals surface area contributed by atoms with Gasteiger partial charge in [0, 0.05) is 17.5 Å². The quantitative estimate of drug-likeness (QED) is 0.752. The van der Waals surface area contributed by atoms with Crippen molar-refractivity contribution >= 4 is 16.9 Å². The number of carbonyl (C=O) groups is 1. The topological polar surface area (TPSA) is 64.4 Å². The largest absolute Gasteiger partial charge is 0.434 e. The molecular formula is C17H14F2N2O3. The SMILES string of the molecule is O=C(Cc1noc2ccccc12)NCc1ccccc1OC(F)F. The fourth-order valence-electron chi connectivity index (χ4n) is 2.33. The van der Waals surface area contributed by atoms with E-state index in [1.807, 2.05) is 18.2 Å². The number of hydrogen-bond acceptors (Lipinski definition) is 4. The maximum Gasteiger partial charge on any atom is 0.387 e. The van der Waals surface area contributed by atoms with Crippen LogP contribution < -0.4 is 10.1 Å². The number of para-hydroxylation sites is 2. The molecule has 5 nitrogen and oxygen atoms in total. The predicted molar refractivity (Wildman–Crippen MR) is 82.6 cm³/mol. The molecule has 0 bridgehead atoms. The molecule has 7 heteroatoms. The summed E-state index contributed by atoms with van der Waals surface area (Å²) in [5.41, 5.74) is 1.60. The number of nitrogens with one attached hydrogen (secondary N) is 1. The highest BCUT2D eigenvalue weighted by atomic mass is 19.3. The first-order valence-electron chi connectivity index (χ1n) is 7.26. The van der Waals surface area contributed by atoms with E-state index in [-0.39, 0.29) is 24.6 Å². The standard InChI is InChI=1S/C17H14F2N2O3/c18-17(19)23-14-7-3-1-5-11(14)10-20-16(22)9-13-12-6-2-4-8-15(12)24-21-13/h1-8,17H,9-10H2,(H,20,22). The minimum atomic E-state index is -2.91. The first-order chi connectivity index (χ1) is 11.6. The number of alkyl halides is 2. The van der Waals surface area contributed by atoms with Crippen molar-refractivity contribution in [2.24, 2.45) is 0 Å². The van der Waals surface area contributed by atoms with Gasteiger partial charge in [-0.2, -0.15) is 8.78 Å². The Morgan fingerprint density at radius 1 is 1.17 bits per heavy atom. The van der Waals surface area contributed by atoms with Gasteiger partial charge >= 0.3 is 6.61 Å². The second-order valence-electron chi connectivity index (χ2n) is 5.07. The Kier molecular flexibility index (Phi) is 4.69. The lowest BCUT2D eigenvalue weighted by molar-refractivity contribution is -0.120. The minimum Gasteiger partial charge on any atom is -0.434 e. The Labute approximate surface area is 136 Å². The molecule has 3 rings (SSSR count). The number of carbonyl (C=O) groups excluding carboxylic acids is 1. The molecule has 0 unspecified atom stereocenters. The molecule has 2 aromatic carbocycles. The third-order valence-corrected chi connectivity index (χ3v) is 3.44. The van der Waals surface area contributed by atoms with Crippen LogP contribution in [-0.4, -0.2) is 17.7 Å². The van der Waals surface area contributed by atoms with E-state index in [0.717, 1.165) is 5.39 Å². The monoisotopic (exact) mass is 332 g/mol. The predicted octanol–water partition coefficient (Wildman–Crippen LogP) is 3.29. The Morgan fingerprint density at radius 3 is 2.75 bits per heavy atom. The average molecular weight is 332 g/mol. The number of ether oxygens (including phenoxy) is 1. The molecule has 1 aromatic heterocycles. The highest BCUT2D eigenvalue weighted by Crippen LogP contribution is 2.20. The van der Waals surface area contributed by atoms with Gasteiger partial charge in [0.15, 0.2) is 5.58 Å². The smallest absolute Gasteiger partial charge is 0.387 e. The molecule has 0 saturated carbocycles. The van der Waals surface area contributed by atoms with Crippen molar-refractivity contribution in [3.05, 3.63) is 59.8 Å². The molecule has 0 aliphatic rings. The van der Waals surface area contributed by atoms with Crippen molar-refractivity contribution in [2.45, 2.75) is 19.6 Å². The van der Waals surface area contributed by atoms with Crippen LogP contribution in [0.4, 0.5) is 8.78 Å². The van der Waals surface area contributed by atoms with Gasteiger partial charge in [0.2, 0.25) is 5.91 Å². The van der Waals surface area contributed by atoms with E-state index in [9.17, 15) is 13.6 Å². The maximum absolute atomic E-state index is 12.4. The third kappa shape index (κ3) is 3.68. The lowest BCUT2D eigenvalue weighted by Crippen LogP contribution is -2.25. The molecule has 0 aliphatic carbocycles. The molecule has 0 fully saturated rings. The van der Waals surface area contributed by atoms with E-state index >= 15 is 0 Å². The normalized spacial score (nSPS) is 11.0. The number of fused-ring (bicyclic) bond motifs is 1. The number of aromatic nitrogens is 1. The van der Waals surface area contributed by atoms with Gasteiger partial charge in [-0.3, -0.25) is 4.79 Å². The highest BCUT2D eigenvalue weighted by molar-refractivity contribution is 5.86. The zero-order chi connectivity index (χ0) is 16.9. The molecule has 1 amide bonds. The van der Waals surface area contributed by atoms with Gasteiger partial charge in [-0.15, -0.1) is 0 Å². The van der Waals surface area contributed by atoms with Crippen LogP contribution >= 0.6 is 0 Å². The number of amides is 1. The van der Waals surface area contributed by atoms with Crippen molar-refractivity contribution in [1.29, 1.82) is 0 Å². The van der Waals surface area contributed by atoms with Crippen molar-refractivity contribution in [3.8, 4) is 5.75 Å². The second-order valence-corrected chi connectivity index (χ2v) is 5.07. The second kappa shape index (κ2) is 7.08. The van der Waals surface area contributed by atoms with E-state index in [1.54, 1.807) is 24.3 Å². The van der Waals surface area contributed by atoms with Crippen LogP contribution in [0.3, 0.4) is 0 Å². The first-order valence-corrected chi connectivity index (χ1v) is 7.26. The molecule has 0 spiro atoms. The molecule has 0 saturated heterocycles. The molecule has 1 heterocycles. The van der Waals surface area contributed by atoms with Crippen molar-refractivity contribution in [3.63, 3.8) is 0 Å². The van der Waals surface area contributed by atoms with Crippen LogP contribution in [0.2, 0.25) is 0 Å². The summed E-state index contributed by atoms with van der Waals surface area (Å²) in [7, 11) is 0. The number of rotatable bonds is 6. The zero-order valence-electron chi connectivity index (χ0n) is 12.5. The lowest BCUT2D eigenvalue weighted by Gasteiger charge is -2.11. The lowest BCUT2D eigenvalue weighted by atomic mass is 10.1. The Balaban J connectivity index is 1.64. The summed E-state index contributed by atoms with van der Waals surface area (Å²) in [6.45, 7) is -2.83.